The van der Waals surface area contributed by atoms with E-state index in [1.54, 1.807) is 0 Å². The van der Waals surface area contributed by atoms with Gasteiger partial charge in [0.15, 0.2) is 5.76 Å². The number of carboxylic acids is 1. The number of carboxylic acid groups (broad SMARTS) is 1. The van der Waals surface area contributed by atoms with Crippen molar-refractivity contribution in [3.05, 3.63) is 11.5 Å². The van der Waals surface area contributed by atoms with Gasteiger partial charge in [0.1, 0.15) is 0 Å². The molecule has 0 aromatic carbocycles. The SMILES string of the molecule is CCC1C=NC(CCC(=O)O)=C(O)C1=O. The van der Waals surface area contributed by atoms with Crippen LogP contribution >= 0.6 is 0 Å². The summed E-state index contributed by atoms with van der Waals surface area (Å²) in [5.41, 5.74) is 0.173. The molecule has 1 rings (SSSR count). The van der Waals surface area contributed by atoms with Crippen molar-refractivity contribution in [3.8, 4) is 0 Å². The average molecular weight is 211 g/mol. The van der Waals surface area contributed by atoms with Crippen molar-refractivity contribution >= 4 is 18.0 Å². The fraction of sp³-hybridized carbons (Fsp3) is 0.500. The number of hydrogen-bond acceptors (Lipinski definition) is 4. The summed E-state index contributed by atoms with van der Waals surface area (Å²) in [5, 5.41) is 17.9. The Morgan fingerprint density at radius 3 is 2.80 bits per heavy atom. The summed E-state index contributed by atoms with van der Waals surface area (Å²) >= 11 is 0. The van der Waals surface area contributed by atoms with Crippen LogP contribution in [0, 0.1) is 5.92 Å². The number of rotatable bonds is 4. The highest BCUT2D eigenvalue weighted by Gasteiger charge is 2.25. The Bertz CT molecular complexity index is 343. The van der Waals surface area contributed by atoms with Gasteiger partial charge in [-0.2, -0.15) is 0 Å². The summed E-state index contributed by atoms with van der Waals surface area (Å²) in [6.45, 7) is 1.82. The van der Waals surface area contributed by atoms with Crippen LogP contribution in [0.1, 0.15) is 26.2 Å². The van der Waals surface area contributed by atoms with Crippen molar-refractivity contribution < 1.29 is 19.8 Å². The number of nitrogens with zero attached hydrogens (tertiary/aromatic N) is 1. The predicted octanol–water partition coefficient (Wildman–Crippen LogP) is 1.30. The number of ketones is 1. The van der Waals surface area contributed by atoms with E-state index in [0.717, 1.165) is 0 Å². The molecule has 82 valence electrons. The standard InChI is InChI=1S/C10H13NO4/c1-2-6-5-11-7(3-4-8(12)13)10(15)9(6)14/h5-6,15H,2-4H2,1H3,(H,12,13). The zero-order valence-corrected chi connectivity index (χ0v) is 8.43. The van der Waals surface area contributed by atoms with Crippen LogP contribution < -0.4 is 0 Å². The minimum Gasteiger partial charge on any atom is -0.503 e. The van der Waals surface area contributed by atoms with Gasteiger partial charge >= 0.3 is 5.97 Å². The van der Waals surface area contributed by atoms with Crippen molar-refractivity contribution in [2.24, 2.45) is 10.9 Å². The van der Waals surface area contributed by atoms with Gasteiger partial charge in [-0.05, 0) is 6.42 Å². The first-order chi connectivity index (χ1) is 7.06. The minimum absolute atomic E-state index is 0.0832. The summed E-state index contributed by atoms with van der Waals surface area (Å²) in [7, 11) is 0. The lowest BCUT2D eigenvalue weighted by molar-refractivity contribution is -0.137. The van der Waals surface area contributed by atoms with Gasteiger partial charge < -0.3 is 10.2 Å². The Hall–Kier alpha value is -1.65. The third kappa shape index (κ3) is 2.65. The van der Waals surface area contributed by atoms with Gasteiger partial charge in [-0.3, -0.25) is 14.6 Å². The highest BCUT2D eigenvalue weighted by atomic mass is 16.4. The quantitative estimate of drug-likeness (QED) is 0.733. The number of aliphatic carboxylic acids is 1. The van der Waals surface area contributed by atoms with E-state index in [1.807, 2.05) is 6.92 Å². The maximum Gasteiger partial charge on any atom is 0.303 e. The summed E-state index contributed by atoms with van der Waals surface area (Å²) in [6.07, 6.45) is 2.00. The molecule has 0 radical (unpaired) electrons. The van der Waals surface area contributed by atoms with Gasteiger partial charge in [0.05, 0.1) is 18.0 Å². The predicted molar refractivity (Wildman–Crippen MR) is 53.8 cm³/mol. The second-order valence-corrected chi connectivity index (χ2v) is 3.35. The minimum atomic E-state index is -0.976. The molecular weight excluding hydrogens is 198 g/mol. The number of allylic oxidation sites excluding steroid dienone is 2. The van der Waals surface area contributed by atoms with Crippen LogP contribution in [0.15, 0.2) is 16.4 Å². The molecule has 1 unspecified atom stereocenters. The Labute approximate surface area is 87.1 Å². The molecule has 1 aliphatic rings. The number of aliphatic hydroxyl groups excluding tert-OH is 1. The van der Waals surface area contributed by atoms with Gasteiger partial charge in [-0.15, -0.1) is 0 Å². The first-order valence-electron chi connectivity index (χ1n) is 4.78. The lowest BCUT2D eigenvalue weighted by Crippen LogP contribution is -2.22. The maximum atomic E-state index is 11.5. The Morgan fingerprint density at radius 2 is 2.27 bits per heavy atom. The first-order valence-corrected chi connectivity index (χ1v) is 4.78. The average Bonchev–Trinajstić information content (AvgIpc) is 2.20. The summed E-state index contributed by atoms with van der Waals surface area (Å²) in [5.74, 6) is -2.10. The van der Waals surface area contributed by atoms with Gasteiger partial charge in [0.25, 0.3) is 0 Å². The molecule has 0 saturated carbocycles. The van der Waals surface area contributed by atoms with Crippen molar-refractivity contribution in [2.45, 2.75) is 26.2 Å². The summed E-state index contributed by atoms with van der Waals surface area (Å²) < 4.78 is 0. The van der Waals surface area contributed by atoms with E-state index in [9.17, 15) is 14.7 Å². The molecule has 0 amide bonds. The second-order valence-electron chi connectivity index (χ2n) is 3.35. The number of aliphatic hydroxyl groups is 1. The fourth-order valence-electron chi connectivity index (χ4n) is 1.33. The van der Waals surface area contributed by atoms with Crippen LogP contribution in [0.2, 0.25) is 0 Å². The molecular formula is C10H13NO4. The van der Waals surface area contributed by atoms with E-state index in [4.69, 9.17) is 5.11 Å². The van der Waals surface area contributed by atoms with Crippen molar-refractivity contribution in [1.82, 2.24) is 0 Å². The molecule has 1 aliphatic heterocycles. The zero-order chi connectivity index (χ0) is 11.4. The Kier molecular flexibility index (Phi) is 3.60. The maximum absolute atomic E-state index is 11.5. The third-order valence-electron chi connectivity index (χ3n) is 2.27. The molecule has 0 bridgehead atoms. The number of aliphatic imine (C=N–C) groups is 1. The largest absolute Gasteiger partial charge is 0.503 e. The summed E-state index contributed by atoms with van der Waals surface area (Å²) in [6, 6.07) is 0. The third-order valence-corrected chi connectivity index (χ3v) is 2.27. The van der Waals surface area contributed by atoms with Crippen LogP contribution in [0.4, 0.5) is 0 Å². The van der Waals surface area contributed by atoms with E-state index in [-0.39, 0.29) is 36.0 Å². The number of carbonyl (C=O) groups is 2. The summed E-state index contributed by atoms with van der Waals surface area (Å²) in [4.78, 5) is 25.7. The molecule has 15 heavy (non-hydrogen) atoms. The molecule has 1 heterocycles. The molecule has 1 atom stereocenters. The van der Waals surface area contributed by atoms with Crippen LogP contribution in [-0.4, -0.2) is 28.2 Å². The van der Waals surface area contributed by atoms with Crippen molar-refractivity contribution in [3.63, 3.8) is 0 Å². The Morgan fingerprint density at radius 1 is 1.60 bits per heavy atom. The van der Waals surface area contributed by atoms with E-state index in [1.165, 1.54) is 6.21 Å². The molecule has 5 nitrogen and oxygen atoms in total. The molecule has 0 aromatic rings. The van der Waals surface area contributed by atoms with E-state index >= 15 is 0 Å². The highest BCUT2D eigenvalue weighted by molar-refractivity contribution is 6.06. The molecule has 0 fully saturated rings. The second kappa shape index (κ2) is 4.72. The van der Waals surface area contributed by atoms with Crippen LogP contribution in [0.25, 0.3) is 0 Å². The van der Waals surface area contributed by atoms with Gasteiger partial charge in [-0.25, -0.2) is 0 Å². The van der Waals surface area contributed by atoms with Crippen molar-refractivity contribution in [1.29, 1.82) is 0 Å². The van der Waals surface area contributed by atoms with Gasteiger partial charge in [-0.1, -0.05) is 6.92 Å². The van der Waals surface area contributed by atoms with Crippen molar-refractivity contribution in [2.75, 3.05) is 0 Å². The molecule has 0 spiro atoms. The number of Topliss-reactive ketones (excluding diaryl/α,β-unsaturated/α-hetero) is 1. The molecule has 0 aliphatic carbocycles. The monoisotopic (exact) mass is 211 g/mol. The van der Waals surface area contributed by atoms with Gasteiger partial charge in [0, 0.05) is 12.6 Å². The van der Waals surface area contributed by atoms with E-state index in [2.05, 4.69) is 4.99 Å². The molecule has 0 saturated heterocycles. The molecule has 5 heteroatoms. The topological polar surface area (TPSA) is 87.0 Å². The lowest BCUT2D eigenvalue weighted by atomic mass is 9.97. The van der Waals surface area contributed by atoms with Crippen LogP contribution in [0.5, 0.6) is 0 Å². The van der Waals surface area contributed by atoms with Crippen LogP contribution in [-0.2, 0) is 9.59 Å². The lowest BCUT2D eigenvalue weighted by Gasteiger charge is -2.14. The van der Waals surface area contributed by atoms with E-state index in [0.29, 0.717) is 6.42 Å². The fourth-order valence-corrected chi connectivity index (χ4v) is 1.33. The first kappa shape index (κ1) is 11.4. The smallest absolute Gasteiger partial charge is 0.303 e. The Balaban J connectivity index is 2.74. The number of hydrogen-bond donors (Lipinski definition) is 2. The highest BCUT2D eigenvalue weighted by Crippen LogP contribution is 2.20. The van der Waals surface area contributed by atoms with Crippen LogP contribution in [0.3, 0.4) is 0 Å². The zero-order valence-electron chi connectivity index (χ0n) is 8.43. The molecule has 0 aromatic heterocycles. The number of carbonyl (C=O) groups excluding carboxylic acids is 1. The van der Waals surface area contributed by atoms with E-state index < -0.39 is 5.97 Å². The van der Waals surface area contributed by atoms with Gasteiger partial charge in [0.2, 0.25) is 5.78 Å². The molecule has 2 N–H and O–H groups in total. The normalized spacial score (nSPS) is 20.9.